The predicted molar refractivity (Wildman–Crippen MR) is 241 cm³/mol. The van der Waals surface area contributed by atoms with E-state index in [2.05, 4.69) is 172 Å². The van der Waals surface area contributed by atoms with Gasteiger partial charge < -0.3 is 0 Å². The Hall–Kier alpha value is -5.58. The zero-order valence-corrected chi connectivity index (χ0v) is 32.4. The highest BCUT2D eigenvalue weighted by Crippen LogP contribution is 2.48. The highest BCUT2D eigenvalue weighted by molar-refractivity contribution is 7.28. The van der Waals surface area contributed by atoms with Crippen molar-refractivity contribution in [1.29, 1.82) is 0 Å². The van der Waals surface area contributed by atoms with Gasteiger partial charge in [-0.1, -0.05) is 104 Å². The number of benzene rings is 8. The normalized spacial score (nSPS) is 12.0. The highest BCUT2D eigenvalue weighted by atomic mass is 32.1. The van der Waals surface area contributed by atoms with E-state index in [1.54, 1.807) is 0 Å². The van der Waals surface area contributed by atoms with Crippen LogP contribution in [0.25, 0.3) is 105 Å². The standard InChI is InChI=1S/C51H34S3/c1-3-31-16-23-45-49(48(31)38-26-34(15-14-30(38)2)32-10-6-4-7-11-32)39-28-36(18-21-42(39)52-45)37-19-22-44-41(29-37)51-47(54-44)25-24-46-50(51)40-27-35(17-20-43(40)53-46)33-12-8-5-9-13-33/h4-29H,3H2,1-2H3. The SMILES string of the molecule is CCc1ccc2sc3ccc(-c4ccc5sc6ccc7sc8ccc(-c9ccccc9)cc8c7c6c5c4)cc3c2c1-c1cc(-c2ccccc2)ccc1C. The average molecular weight is 743 g/mol. The van der Waals surface area contributed by atoms with Crippen LogP contribution in [0.4, 0.5) is 0 Å². The minimum absolute atomic E-state index is 0.984. The lowest BCUT2D eigenvalue weighted by molar-refractivity contribution is 1.15. The Morgan fingerprint density at radius 2 is 0.778 bits per heavy atom. The molecule has 8 aromatic carbocycles. The van der Waals surface area contributed by atoms with Gasteiger partial charge in [0.15, 0.2) is 0 Å². The molecule has 0 aliphatic heterocycles. The van der Waals surface area contributed by atoms with Crippen LogP contribution in [0, 0.1) is 6.92 Å². The van der Waals surface area contributed by atoms with Crippen LogP contribution in [0.15, 0.2) is 158 Å². The van der Waals surface area contributed by atoms with Gasteiger partial charge in [-0.3, -0.25) is 0 Å². The topological polar surface area (TPSA) is 0 Å². The second-order valence-corrected chi connectivity index (χ2v) is 17.6. The zero-order valence-electron chi connectivity index (χ0n) is 29.9. The van der Waals surface area contributed by atoms with Gasteiger partial charge in [-0.05, 0) is 130 Å². The fraction of sp³-hybridized carbons (Fsp3) is 0.0588. The second-order valence-electron chi connectivity index (χ2n) is 14.3. The quantitative estimate of drug-likeness (QED) is 0.165. The number of hydrogen-bond donors (Lipinski definition) is 0. The molecule has 3 heteroatoms. The van der Waals surface area contributed by atoms with Crippen molar-refractivity contribution in [3.8, 4) is 44.5 Å². The van der Waals surface area contributed by atoms with Crippen molar-refractivity contribution in [2.24, 2.45) is 0 Å². The zero-order chi connectivity index (χ0) is 35.9. The van der Waals surface area contributed by atoms with E-state index >= 15 is 0 Å². The molecule has 0 atom stereocenters. The summed E-state index contributed by atoms with van der Waals surface area (Å²) in [6, 6.07) is 59.2. The Balaban J connectivity index is 1.11. The Kier molecular flexibility index (Phi) is 7.38. The number of hydrogen-bond acceptors (Lipinski definition) is 3. The van der Waals surface area contributed by atoms with Crippen LogP contribution in [0.1, 0.15) is 18.1 Å². The van der Waals surface area contributed by atoms with E-state index in [-0.39, 0.29) is 0 Å². The van der Waals surface area contributed by atoms with Crippen LogP contribution in [0.5, 0.6) is 0 Å². The van der Waals surface area contributed by atoms with Gasteiger partial charge in [0.2, 0.25) is 0 Å². The van der Waals surface area contributed by atoms with E-state index in [1.807, 2.05) is 34.0 Å². The van der Waals surface area contributed by atoms with Crippen LogP contribution >= 0.6 is 34.0 Å². The molecule has 0 saturated carbocycles. The Bertz CT molecular complexity index is 3250. The van der Waals surface area contributed by atoms with Crippen molar-refractivity contribution in [1.82, 2.24) is 0 Å². The third-order valence-electron chi connectivity index (χ3n) is 11.2. The van der Waals surface area contributed by atoms with Gasteiger partial charge in [0.1, 0.15) is 0 Å². The summed E-state index contributed by atoms with van der Waals surface area (Å²) in [5.74, 6) is 0. The van der Waals surface area contributed by atoms with E-state index in [4.69, 9.17) is 0 Å². The lowest BCUT2D eigenvalue weighted by Crippen LogP contribution is -1.92. The Morgan fingerprint density at radius 1 is 0.370 bits per heavy atom. The number of rotatable bonds is 5. The van der Waals surface area contributed by atoms with Crippen LogP contribution in [0.3, 0.4) is 0 Å². The molecule has 11 rings (SSSR count). The van der Waals surface area contributed by atoms with Crippen molar-refractivity contribution in [3.63, 3.8) is 0 Å². The summed E-state index contributed by atoms with van der Waals surface area (Å²) < 4.78 is 8.07. The van der Waals surface area contributed by atoms with Crippen molar-refractivity contribution >= 4 is 94.5 Å². The molecule has 0 fully saturated rings. The smallest absolute Gasteiger partial charge is 0.0362 e. The van der Waals surface area contributed by atoms with Crippen molar-refractivity contribution < 1.29 is 0 Å². The minimum atomic E-state index is 0.984. The van der Waals surface area contributed by atoms with E-state index < -0.39 is 0 Å². The molecule has 0 radical (unpaired) electrons. The van der Waals surface area contributed by atoms with Crippen molar-refractivity contribution in [3.05, 3.63) is 169 Å². The Morgan fingerprint density at radius 3 is 1.30 bits per heavy atom. The lowest BCUT2D eigenvalue weighted by Gasteiger charge is -2.15. The summed E-state index contributed by atoms with van der Waals surface area (Å²) in [5, 5.41) is 8.20. The fourth-order valence-corrected chi connectivity index (χ4v) is 11.8. The molecule has 54 heavy (non-hydrogen) atoms. The molecule has 0 unspecified atom stereocenters. The minimum Gasteiger partial charge on any atom is -0.135 e. The molecule has 0 nitrogen and oxygen atoms in total. The van der Waals surface area contributed by atoms with E-state index in [9.17, 15) is 0 Å². The predicted octanol–water partition coefficient (Wildman–Crippen LogP) is 16.3. The molecular formula is C51H34S3. The first-order valence-corrected chi connectivity index (χ1v) is 21.1. The van der Waals surface area contributed by atoms with Crippen molar-refractivity contribution in [2.75, 3.05) is 0 Å². The molecule has 0 amide bonds. The van der Waals surface area contributed by atoms with E-state index in [0.717, 1.165) is 6.42 Å². The van der Waals surface area contributed by atoms with E-state index in [0.29, 0.717) is 0 Å². The number of fused-ring (bicyclic) bond motifs is 10. The highest BCUT2D eigenvalue weighted by Gasteiger charge is 2.19. The molecule has 0 N–H and O–H groups in total. The van der Waals surface area contributed by atoms with E-state index in [1.165, 1.54) is 116 Å². The third kappa shape index (κ3) is 5.00. The number of aryl methyl sites for hydroxylation is 2. The fourth-order valence-electron chi connectivity index (χ4n) is 8.52. The summed E-state index contributed by atoms with van der Waals surface area (Å²) >= 11 is 5.73. The van der Waals surface area contributed by atoms with Crippen LogP contribution in [-0.4, -0.2) is 0 Å². The van der Waals surface area contributed by atoms with Crippen LogP contribution in [-0.2, 0) is 6.42 Å². The molecule has 0 aliphatic rings. The van der Waals surface area contributed by atoms with Gasteiger partial charge >= 0.3 is 0 Å². The molecule has 3 aromatic heterocycles. The average Bonchev–Trinajstić information content (AvgIpc) is 3.91. The molecule has 0 saturated heterocycles. The first kappa shape index (κ1) is 31.9. The second kappa shape index (κ2) is 12.5. The van der Waals surface area contributed by atoms with Gasteiger partial charge in [0.25, 0.3) is 0 Å². The summed E-state index contributed by atoms with van der Waals surface area (Å²) in [4.78, 5) is 0. The van der Waals surface area contributed by atoms with Crippen LogP contribution < -0.4 is 0 Å². The molecule has 256 valence electrons. The maximum Gasteiger partial charge on any atom is 0.0362 e. The maximum atomic E-state index is 2.46. The van der Waals surface area contributed by atoms with Gasteiger partial charge in [-0.2, -0.15) is 0 Å². The van der Waals surface area contributed by atoms with Crippen molar-refractivity contribution in [2.45, 2.75) is 20.3 Å². The van der Waals surface area contributed by atoms with Gasteiger partial charge in [-0.15, -0.1) is 34.0 Å². The summed E-state index contributed by atoms with van der Waals surface area (Å²) in [6.45, 7) is 4.55. The molecule has 11 aromatic rings. The first-order valence-electron chi connectivity index (χ1n) is 18.6. The summed E-state index contributed by atoms with van der Waals surface area (Å²) in [5.41, 5.74) is 13.0. The Labute approximate surface area is 326 Å². The molecule has 0 bridgehead atoms. The molecular weight excluding hydrogens is 709 g/mol. The number of thiophene rings is 3. The third-order valence-corrected chi connectivity index (χ3v) is 14.6. The van der Waals surface area contributed by atoms with Gasteiger partial charge in [-0.25, -0.2) is 0 Å². The summed E-state index contributed by atoms with van der Waals surface area (Å²) in [6.07, 6.45) is 0.984. The van der Waals surface area contributed by atoms with Gasteiger partial charge in [0, 0.05) is 60.5 Å². The maximum absolute atomic E-state index is 2.46. The molecule has 0 aliphatic carbocycles. The van der Waals surface area contributed by atoms with Gasteiger partial charge in [0.05, 0.1) is 0 Å². The molecule has 3 heterocycles. The monoisotopic (exact) mass is 742 g/mol. The molecule has 0 spiro atoms. The summed E-state index contributed by atoms with van der Waals surface area (Å²) in [7, 11) is 0. The van der Waals surface area contributed by atoms with Crippen LogP contribution in [0.2, 0.25) is 0 Å². The first-order chi connectivity index (χ1) is 26.6. The lowest BCUT2D eigenvalue weighted by atomic mass is 9.88. The largest absolute Gasteiger partial charge is 0.135 e.